The summed E-state index contributed by atoms with van der Waals surface area (Å²) in [6.45, 7) is 0. The first-order valence-electron chi connectivity index (χ1n) is 22.6. The summed E-state index contributed by atoms with van der Waals surface area (Å²) in [6.07, 6.45) is 0. The second-order valence-electron chi connectivity index (χ2n) is 17.2. The number of anilines is 6. The van der Waals surface area contributed by atoms with E-state index in [4.69, 9.17) is 9.47 Å². The Bertz CT molecular complexity index is 3380. The maximum Gasteiger partial charge on any atom is 0.206 e. The highest BCUT2D eigenvalue weighted by Crippen LogP contribution is 2.52. The molecule has 0 fully saturated rings. The topological polar surface area (TPSA) is 59.1 Å². The third kappa shape index (κ3) is 6.11. The van der Waals surface area contributed by atoms with Gasteiger partial charge in [-0.2, -0.15) is 0 Å². The van der Waals surface area contributed by atoms with Gasteiger partial charge in [0.05, 0.1) is 32.5 Å². The van der Waals surface area contributed by atoms with Gasteiger partial charge >= 0.3 is 0 Å². The number of ether oxygens (including phenoxy) is 2. The van der Waals surface area contributed by atoms with E-state index in [2.05, 4.69) is 155 Å². The fourth-order valence-corrected chi connectivity index (χ4v) is 18.5. The van der Waals surface area contributed by atoms with Crippen LogP contribution in [0.5, 0.6) is 23.0 Å². The van der Waals surface area contributed by atoms with Crippen LogP contribution in [-0.2, 0) is 9.84 Å². The van der Waals surface area contributed by atoms with Crippen molar-refractivity contribution < 1.29 is 17.9 Å². The van der Waals surface area contributed by atoms with E-state index < -0.39 is 17.9 Å². The predicted molar refractivity (Wildman–Crippen MR) is 276 cm³/mol. The molecule has 68 heavy (non-hydrogen) atoms. The molecule has 0 aromatic heterocycles. The highest BCUT2D eigenvalue weighted by atomic mass is 32.2. The number of rotatable bonds is 6. The number of nitrogens with zero attached hydrogens (tertiary/aromatic N) is 2. The van der Waals surface area contributed by atoms with Crippen LogP contribution < -0.4 is 40.0 Å². The molecule has 0 spiro atoms. The molecule has 0 saturated carbocycles. The molecule has 10 aromatic rings. The minimum atomic E-state index is -4.04. The highest BCUT2D eigenvalue weighted by Gasteiger charge is 2.51. The van der Waals surface area contributed by atoms with Gasteiger partial charge in [-0.15, -0.1) is 0 Å². The van der Waals surface area contributed by atoms with Gasteiger partial charge in [-0.1, -0.05) is 158 Å². The first kappa shape index (κ1) is 39.9. The molecule has 3 aliphatic rings. The Morgan fingerprint density at radius 1 is 0.324 bits per heavy atom. The molecule has 0 atom stereocenters. The quantitative estimate of drug-likeness (QED) is 0.155. The zero-order valence-electron chi connectivity index (χ0n) is 36.5. The van der Waals surface area contributed by atoms with Crippen molar-refractivity contribution in [2.75, 3.05) is 9.80 Å². The molecule has 8 heteroatoms. The zero-order chi connectivity index (χ0) is 45.4. The van der Waals surface area contributed by atoms with Crippen molar-refractivity contribution in [1.29, 1.82) is 0 Å². The summed E-state index contributed by atoms with van der Waals surface area (Å²) in [4.78, 5) is 5.10. The standard InChI is InChI=1S/C60H40N2O4SSi/c63-67(64)57-39-43(41-27-33-45(34-28-41)61-49-19-7-11-23-53(49)65-54-24-12-8-20-50(54)61)31-37-59(57)68(47-15-3-1-4-16-47,48-17-5-2-6-18-48)60-38-32-44(40-58(60)67)42-29-35-46(36-30-42)62-51-21-9-13-25-55(51)66-56-26-14-10-22-52(56)62/h1-40H. The summed E-state index contributed by atoms with van der Waals surface area (Å²) in [5.41, 5.74) is 9.21. The summed E-state index contributed by atoms with van der Waals surface area (Å²) in [5.74, 6) is 3.13. The fraction of sp³-hybridized carbons (Fsp3) is 0. The Kier molecular flexibility index (Phi) is 9.15. The molecule has 0 N–H and O–H groups in total. The Labute approximate surface area is 396 Å². The number of para-hydroxylation sites is 8. The monoisotopic (exact) mass is 912 g/mol. The lowest BCUT2D eigenvalue weighted by Crippen LogP contribution is -2.77. The van der Waals surface area contributed by atoms with Gasteiger partial charge in [0.2, 0.25) is 9.84 Å². The molecule has 0 saturated heterocycles. The molecule has 324 valence electrons. The second-order valence-corrected chi connectivity index (χ2v) is 22.9. The molecule has 0 unspecified atom stereocenters. The lowest BCUT2D eigenvalue weighted by atomic mass is 10.0. The van der Waals surface area contributed by atoms with Gasteiger partial charge in [0, 0.05) is 11.4 Å². The molecule has 6 nitrogen and oxygen atoms in total. The van der Waals surface area contributed by atoms with Crippen LogP contribution in [0.3, 0.4) is 0 Å². The van der Waals surface area contributed by atoms with Gasteiger partial charge in [-0.25, -0.2) is 8.42 Å². The van der Waals surface area contributed by atoms with E-state index in [1.54, 1.807) is 0 Å². The van der Waals surface area contributed by atoms with Crippen molar-refractivity contribution in [3.8, 4) is 45.3 Å². The molecular formula is C60H40N2O4SSi. The molecule has 0 amide bonds. The first-order chi connectivity index (χ1) is 33.5. The van der Waals surface area contributed by atoms with E-state index in [0.29, 0.717) is 9.79 Å². The molecule has 13 rings (SSSR count). The van der Waals surface area contributed by atoms with Crippen molar-refractivity contribution in [1.82, 2.24) is 0 Å². The smallest absolute Gasteiger partial charge is 0.206 e. The van der Waals surface area contributed by atoms with Crippen LogP contribution in [0.1, 0.15) is 0 Å². The largest absolute Gasteiger partial charge is 0.453 e. The second kappa shape index (κ2) is 15.6. The Balaban J connectivity index is 0.943. The van der Waals surface area contributed by atoms with Crippen molar-refractivity contribution in [2.24, 2.45) is 0 Å². The van der Waals surface area contributed by atoms with Crippen molar-refractivity contribution in [2.45, 2.75) is 9.79 Å². The van der Waals surface area contributed by atoms with Crippen LogP contribution in [0, 0.1) is 0 Å². The van der Waals surface area contributed by atoms with Crippen molar-refractivity contribution >= 4 is 72.8 Å². The van der Waals surface area contributed by atoms with Crippen LogP contribution >= 0.6 is 0 Å². The SMILES string of the molecule is O=S1(=O)c2cc(-c3ccc(N4c5ccccc5Oc5ccccc54)cc3)ccc2[Si](c2ccccc2)(c2ccccc2)c2ccc(-c3ccc(N4c5ccccc5Oc5ccccc54)cc3)cc21. The average molecular weight is 913 g/mol. The summed E-state index contributed by atoms with van der Waals surface area (Å²) >= 11 is 0. The molecular weight excluding hydrogens is 873 g/mol. The highest BCUT2D eigenvalue weighted by molar-refractivity contribution is 7.92. The number of hydrogen-bond donors (Lipinski definition) is 0. The predicted octanol–water partition coefficient (Wildman–Crippen LogP) is 12.7. The van der Waals surface area contributed by atoms with Crippen LogP contribution in [0.2, 0.25) is 0 Å². The molecule has 10 aromatic carbocycles. The van der Waals surface area contributed by atoms with Crippen LogP contribution in [0.15, 0.2) is 252 Å². The van der Waals surface area contributed by atoms with Crippen LogP contribution in [0.25, 0.3) is 22.3 Å². The first-order valence-corrected chi connectivity index (χ1v) is 26.1. The van der Waals surface area contributed by atoms with E-state index in [-0.39, 0.29) is 0 Å². The molecule has 3 heterocycles. The fourth-order valence-electron chi connectivity index (χ4n) is 10.5. The van der Waals surface area contributed by atoms with E-state index >= 15 is 8.42 Å². The van der Waals surface area contributed by atoms with Crippen molar-refractivity contribution in [3.63, 3.8) is 0 Å². The van der Waals surface area contributed by atoms with Gasteiger partial charge in [0.1, 0.15) is 0 Å². The summed E-state index contributed by atoms with van der Waals surface area (Å²) in [5, 5.41) is 3.95. The number of sulfone groups is 1. The molecule has 0 aliphatic carbocycles. The van der Waals surface area contributed by atoms with Gasteiger partial charge < -0.3 is 19.3 Å². The minimum absolute atomic E-state index is 0.346. The Morgan fingerprint density at radius 2 is 0.632 bits per heavy atom. The number of benzene rings is 10. The lowest BCUT2D eigenvalue weighted by molar-refractivity contribution is 0.477. The summed E-state index contributed by atoms with van der Waals surface area (Å²) in [6, 6.07) is 82.1. The van der Waals surface area contributed by atoms with E-state index in [1.165, 1.54) is 0 Å². The molecule has 0 bridgehead atoms. The maximum absolute atomic E-state index is 15.6. The van der Waals surface area contributed by atoms with Crippen molar-refractivity contribution in [3.05, 3.63) is 243 Å². The van der Waals surface area contributed by atoms with E-state index in [1.807, 2.05) is 97.1 Å². The minimum Gasteiger partial charge on any atom is -0.453 e. The third-order valence-corrected chi connectivity index (χ3v) is 20.6. The van der Waals surface area contributed by atoms with Gasteiger partial charge in [0.25, 0.3) is 0 Å². The average Bonchev–Trinajstić information content (AvgIpc) is 3.40. The lowest BCUT2D eigenvalue weighted by Gasteiger charge is -2.40. The van der Waals surface area contributed by atoms with Crippen LogP contribution in [0.4, 0.5) is 34.1 Å². The number of fused-ring (bicyclic) bond motifs is 6. The van der Waals surface area contributed by atoms with Gasteiger partial charge in [-0.3, -0.25) is 0 Å². The zero-order valence-corrected chi connectivity index (χ0v) is 38.3. The normalized spacial score (nSPS) is 14.4. The Hall–Kier alpha value is -8.43. The molecule has 3 aliphatic heterocycles. The summed E-state index contributed by atoms with van der Waals surface area (Å²) in [7, 11) is -7.27. The van der Waals surface area contributed by atoms with Crippen LogP contribution in [-0.4, -0.2) is 16.5 Å². The summed E-state index contributed by atoms with van der Waals surface area (Å²) < 4.78 is 43.7. The molecule has 0 radical (unpaired) electrons. The number of hydrogen-bond acceptors (Lipinski definition) is 6. The van der Waals surface area contributed by atoms with Gasteiger partial charge in [0.15, 0.2) is 31.1 Å². The van der Waals surface area contributed by atoms with Gasteiger partial charge in [-0.05, 0) is 128 Å². The Morgan fingerprint density at radius 3 is 0.985 bits per heavy atom. The van der Waals surface area contributed by atoms with E-state index in [9.17, 15) is 0 Å². The third-order valence-electron chi connectivity index (χ3n) is 13.5. The maximum atomic E-state index is 15.6. The van der Waals surface area contributed by atoms with E-state index in [0.717, 1.165) is 100 Å².